The molecule has 31 heavy (non-hydrogen) atoms. The molecule has 0 aromatic heterocycles. The third-order valence-electron chi connectivity index (χ3n) is 5.10. The monoisotopic (exact) mass is 426 g/mol. The zero-order chi connectivity index (χ0) is 22.6. The van der Waals surface area contributed by atoms with E-state index in [1.807, 2.05) is 0 Å². The summed E-state index contributed by atoms with van der Waals surface area (Å²) in [5.41, 5.74) is 0.262. The standard InChI is InChI=1S/C25H30O6/c1-2-3-4-5-6-7-8-9-15-31-22-14-13-19(17-21(22)25(29)30)23(26)18-11-10-12-20(16-18)24(27)28/h10-14,16-17H,2-9,15H2,1H3,(H,27,28)(H,29,30). The van der Waals surface area contributed by atoms with Crippen LogP contribution in [0.1, 0.15) is 94.9 Å². The number of benzene rings is 2. The highest BCUT2D eigenvalue weighted by Crippen LogP contribution is 2.23. The van der Waals surface area contributed by atoms with Gasteiger partial charge in [0.25, 0.3) is 0 Å². The number of ketones is 1. The van der Waals surface area contributed by atoms with E-state index in [1.165, 1.54) is 74.6 Å². The van der Waals surface area contributed by atoms with Gasteiger partial charge in [0.05, 0.1) is 12.2 Å². The van der Waals surface area contributed by atoms with Crippen molar-refractivity contribution in [2.24, 2.45) is 0 Å². The molecule has 0 saturated heterocycles. The lowest BCUT2D eigenvalue weighted by Gasteiger charge is -2.11. The van der Waals surface area contributed by atoms with Gasteiger partial charge in [0.2, 0.25) is 0 Å². The fourth-order valence-electron chi connectivity index (χ4n) is 3.34. The molecule has 0 amide bonds. The third kappa shape index (κ3) is 7.55. The number of unbranched alkanes of at least 4 members (excludes halogenated alkanes) is 7. The third-order valence-corrected chi connectivity index (χ3v) is 5.10. The average Bonchev–Trinajstić information content (AvgIpc) is 2.77. The first-order valence-electron chi connectivity index (χ1n) is 10.8. The number of rotatable bonds is 14. The van der Waals surface area contributed by atoms with Crippen LogP contribution < -0.4 is 4.74 Å². The number of carboxylic acids is 2. The first kappa shape index (κ1) is 24.1. The molecule has 0 saturated carbocycles. The van der Waals surface area contributed by atoms with E-state index >= 15 is 0 Å². The molecule has 0 spiro atoms. The van der Waals surface area contributed by atoms with Gasteiger partial charge in [-0.15, -0.1) is 0 Å². The number of carbonyl (C=O) groups excluding carboxylic acids is 1. The molecule has 2 rings (SSSR count). The van der Waals surface area contributed by atoms with Crippen molar-refractivity contribution < 1.29 is 29.3 Å². The smallest absolute Gasteiger partial charge is 0.339 e. The normalized spacial score (nSPS) is 10.6. The summed E-state index contributed by atoms with van der Waals surface area (Å²) in [4.78, 5) is 35.5. The Hall–Kier alpha value is -3.15. The van der Waals surface area contributed by atoms with Crippen molar-refractivity contribution >= 4 is 17.7 Å². The lowest BCUT2D eigenvalue weighted by Crippen LogP contribution is -2.09. The maximum Gasteiger partial charge on any atom is 0.339 e. The molecule has 0 radical (unpaired) electrons. The van der Waals surface area contributed by atoms with Gasteiger partial charge in [0, 0.05) is 11.1 Å². The zero-order valence-electron chi connectivity index (χ0n) is 17.9. The van der Waals surface area contributed by atoms with Crippen molar-refractivity contribution in [1.82, 2.24) is 0 Å². The fourth-order valence-corrected chi connectivity index (χ4v) is 3.34. The van der Waals surface area contributed by atoms with Gasteiger partial charge in [0.15, 0.2) is 5.78 Å². The van der Waals surface area contributed by atoms with Crippen LogP contribution in [0.25, 0.3) is 0 Å². The number of carbonyl (C=O) groups is 3. The molecule has 0 unspecified atom stereocenters. The van der Waals surface area contributed by atoms with Gasteiger partial charge in [-0.05, 0) is 36.8 Å². The maximum atomic E-state index is 12.7. The van der Waals surface area contributed by atoms with E-state index in [1.54, 1.807) is 0 Å². The van der Waals surface area contributed by atoms with E-state index in [-0.39, 0.29) is 28.0 Å². The summed E-state index contributed by atoms with van der Waals surface area (Å²) in [6.45, 7) is 2.62. The quantitative estimate of drug-likeness (QED) is 0.291. The summed E-state index contributed by atoms with van der Waals surface area (Å²) in [6.07, 6.45) is 9.27. The maximum absolute atomic E-state index is 12.7. The van der Waals surface area contributed by atoms with Gasteiger partial charge in [0.1, 0.15) is 11.3 Å². The van der Waals surface area contributed by atoms with Crippen molar-refractivity contribution in [2.45, 2.75) is 58.3 Å². The van der Waals surface area contributed by atoms with Crippen LogP contribution in [0, 0.1) is 0 Å². The number of hydrogen-bond acceptors (Lipinski definition) is 4. The molecule has 6 heteroatoms. The van der Waals surface area contributed by atoms with E-state index in [2.05, 4.69) is 6.92 Å². The van der Waals surface area contributed by atoms with E-state index in [9.17, 15) is 19.5 Å². The molecule has 2 aromatic rings. The predicted molar refractivity (Wildman–Crippen MR) is 118 cm³/mol. The predicted octanol–water partition coefficient (Wildman–Crippen LogP) is 5.83. The highest BCUT2D eigenvalue weighted by atomic mass is 16.5. The Bertz CT molecular complexity index is 903. The number of ether oxygens (including phenoxy) is 1. The second-order valence-corrected chi connectivity index (χ2v) is 7.55. The Labute approximate surface area is 182 Å². The summed E-state index contributed by atoms with van der Waals surface area (Å²) < 4.78 is 5.66. The van der Waals surface area contributed by atoms with Crippen LogP contribution in [0.3, 0.4) is 0 Å². The van der Waals surface area contributed by atoms with Crippen molar-refractivity contribution in [1.29, 1.82) is 0 Å². The summed E-state index contributed by atoms with van der Waals surface area (Å²) in [5, 5.41) is 18.6. The SMILES string of the molecule is CCCCCCCCCCOc1ccc(C(=O)c2cccc(C(=O)O)c2)cc1C(=O)O. The van der Waals surface area contributed by atoms with E-state index in [0.717, 1.165) is 19.3 Å². The zero-order valence-corrected chi connectivity index (χ0v) is 17.9. The first-order chi connectivity index (χ1) is 14.9. The minimum Gasteiger partial charge on any atom is -0.493 e. The number of carboxylic acid groups (broad SMARTS) is 2. The van der Waals surface area contributed by atoms with E-state index in [4.69, 9.17) is 9.84 Å². The van der Waals surface area contributed by atoms with Crippen LogP contribution in [-0.2, 0) is 0 Å². The molecule has 0 aliphatic heterocycles. The minimum absolute atomic E-state index is 0.00498. The topological polar surface area (TPSA) is 101 Å². The van der Waals surface area contributed by atoms with Crippen LogP contribution in [0.5, 0.6) is 5.75 Å². The van der Waals surface area contributed by atoms with Crippen LogP contribution in [0.4, 0.5) is 0 Å². The van der Waals surface area contributed by atoms with Crippen LogP contribution in [-0.4, -0.2) is 34.5 Å². The molecule has 0 aliphatic rings. The molecule has 6 nitrogen and oxygen atoms in total. The molecule has 0 aliphatic carbocycles. The van der Waals surface area contributed by atoms with Gasteiger partial charge >= 0.3 is 11.9 Å². The van der Waals surface area contributed by atoms with Gasteiger partial charge in [-0.2, -0.15) is 0 Å². The Morgan fingerprint density at radius 2 is 1.35 bits per heavy atom. The van der Waals surface area contributed by atoms with Crippen LogP contribution in [0.2, 0.25) is 0 Å². The van der Waals surface area contributed by atoms with Gasteiger partial charge in [-0.1, -0.05) is 64.0 Å². The molecule has 0 fully saturated rings. The van der Waals surface area contributed by atoms with Crippen LogP contribution in [0.15, 0.2) is 42.5 Å². The molecular weight excluding hydrogens is 396 g/mol. The van der Waals surface area contributed by atoms with E-state index in [0.29, 0.717) is 6.61 Å². The molecule has 2 aromatic carbocycles. The summed E-state index contributed by atoms with van der Waals surface area (Å²) >= 11 is 0. The summed E-state index contributed by atoms with van der Waals surface area (Å²) in [7, 11) is 0. The van der Waals surface area contributed by atoms with Crippen molar-refractivity contribution in [3.05, 3.63) is 64.7 Å². The number of aromatic carboxylic acids is 2. The largest absolute Gasteiger partial charge is 0.493 e. The highest BCUT2D eigenvalue weighted by Gasteiger charge is 2.17. The Balaban J connectivity index is 1.97. The molecule has 166 valence electrons. The van der Waals surface area contributed by atoms with Crippen molar-refractivity contribution in [2.75, 3.05) is 6.61 Å². The number of hydrogen-bond donors (Lipinski definition) is 2. The summed E-state index contributed by atoms with van der Waals surface area (Å²) in [6, 6.07) is 9.93. The van der Waals surface area contributed by atoms with Gasteiger partial charge in [-0.25, -0.2) is 9.59 Å². The van der Waals surface area contributed by atoms with Gasteiger partial charge in [-0.3, -0.25) is 4.79 Å². The average molecular weight is 427 g/mol. The highest BCUT2D eigenvalue weighted by molar-refractivity contribution is 6.11. The van der Waals surface area contributed by atoms with Crippen molar-refractivity contribution in [3.8, 4) is 5.75 Å². The Kier molecular flexibility index (Phi) is 9.75. The Morgan fingerprint density at radius 1 is 0.742 bits per heavy atom. The van der Waals surface area contributed by atoms with Gasteiger partial charge < -0.3 is 14.9 Å². The lowest BCUT2D eigenvalue weighted by atomic mass is 9.99. The summed E-state index contributed by atoms with van der Waals surface area (Å²) in [5.74, 6) is -2.53. The molecule has 2 N–H and O–H groups in total. The second kappa shape index (κ2) is 12.5. The fraction of sp³-hybridized carbons (Fsp3) is 0.400. The van der Waals surface area contributed by atoms with E-state index < -0.39 is 17.7 Å². The first-order valence-corrected chi connectivity index (χ1v) is 10.8. The van der Waals surface area contributed by atoms with Crippen molar-refractivity contribution in [3.63, 3.8) is 0 Å². The molecule has 0 heterocycles. The lowest BCUT2D eigenvalue weighted by molar-refractivity contribution is 0.0683. The second-order valence-electron chi connectivity index (χ2n) is 7.55. The molecule has 0 bridgehead atoms. The molecular formula is C25H30O6. The Morgan fingerprint density at radius 3 is 2.00 bits per heavy atom. The minimum atomic E-state index is -1.18. The molecule has 0 atom stereocenters. The van der Waals surface area contributed by atoms with Crippen LogP contribution >= 0.6 is 0 Å².